The van der Waals surface area contributed by atoms with E-state index < -0.39 is 0 Å². The van der Waals surface area contributed by atoms with E-state index in [1.165, 1.54) is 11.1 Å². The molecule has 2 aromatic rings. The van der Waals surface area contributed by atoms with Crippen LogP contribution >= 0.6 is 0 Å². The van der Waals surface area contributed by atoms with Gasteiger partial charge < -0.3 is 5.32 Å². The largest absolute Gasteiger partial charge is 0.325 e. The number of amides is 1. The lowest BCUT2D eigenvalue weighted by atomic mass is 10.0. The van der Waals surface area contributed by atoms with Gasteiger partial charge in [0, 0.05) is 11.9 Å². The van der Waals surface area contributed by atoms with Crippen LogP contribution in [0.3, 0.4) is 0 Å². The molecule has 20 heavy (non-hydrogen) atoms. The van der Waals surface area contributed by atoms with Crippen LogP contribution in [0.1, 0.15) is 22.6 Å². The second-order valence-corrected chi connectivity index (χ2v) is 5.18. The summed E-state index contributed by atoms with van der Waals surface area (Å²) < 4.78 is 0. The second kappa shape index (κ2) is 4.93. The highest BCUT2D eigenvalue weighted by molar-refractivity contribution is 6.12. The zero-order valence-corrected chi connectivity index (χ0v) is 11.6. The Kier molecular flexibility index (Phi) is 3.11. The Morgan fingerprint density at radius 3 is 2.55 bits per heavy atom. The second-order valence-electron chi connectivity index (χ2n) is 5.18. The topological polar surface area (TPSA) is 41.5 Å². The van der Waals surface area contributed by atoms with Crippen LogP contribution < -0.4 is 5.32 Å². The van der Waals surface area contributed by atoms with Crippen LogP contribution in [0.5, 0.6) is 0 Å². The molecule has 1 unspecified atom stereocenters. The molecule has 3 nitrogen and oxygen atoms in total. The lowest BCUT2D eigenvalue weighted by molar-refractivity contribution is -0.115. The Balaban J connectivity index is 1.91. The van der Waals surface area contributed by atoms with E-state index in [-0.39, 0.29) is 11.8 Å². The first-order chi connectivity index (χ1) is 9.63. The molecule has 3 rings (SSSR count). The average molecular weight is 264 g/mol. The van der Waals surface area contributed by atoms with Crippen molar-refractivity contribution >= 4 is 23.5 Å². The van der Waals surface area contributed by atoms with Crippen molar-refractivity contribution in [2.75, 3.05) is 5.32 Å². The van der Waals surface area contributed by atoms with Crippen molar-refractivity contribution in [3.05, 3.63) is 59.2 Å². The molecule has 0 saturated heterocycles. The number of hydrogen-bond donors (Lipinski definition) is 1. The van der Waals surface area contributed by atoms with Gasteiger partial charge >= 0.3 is 0 Å². The zero-order valence-electron chi connectivity index (χ0n) is 11.6. The Morgan fingerprint density at radius 2 is 1.80 bits per heavy atom. The first-order valence-corrected chi connectivity index (χ1v) is 6.66. The van der Waals surface area contributed by atoms with Gasteiger partial charge in [0.1, 0.15) is 5.92 Å². The van der Waals surface area contributed by atoms with Crippen LogP contribution in [-0.4, -0.2) is 12.1 Å². The highest BCUT2D eigenvalue weighted by Crippen LogP contribution is 2.31. The van der Waals surface area contributed by atoms with Crippen molar-refractivity contribution in [3.63, 3.8) is 0 Å². The molecule has 1 atom stereocenters. The number of nitrogens with zero attached hydrogens (tertiary/aromatic N) is 1. The number of carbonyl (C=O) groups is 1. The first-order valence-electron chi connectivity index (χ1n) is 6.66. The minimum Gasteiger partial charge on any atom is -0.325 e. The number of aryl methyl sites for hydroxylation is 2. The molecular weight excluding hydrogens is 248 g/mol. The number of anilines is 1. The van der Waals surface area contributed by atoms with E-state index in [2.05, 4.69) is 16.4 Å². The Labute approximate surface area is 118 Å². The van der Waals surface area contributed by atoms with Crippen molar-refractivity contribution < 1.29 is 4.79 Å². The maximum Gasteiger partial charge on any atom is 0.237 e. The quantitative estimate of drug-likeness (QED) is 0.825. The van der Waals surface area contributed by atoms with Gasteiger partial charge in [-0.3, -0.25) is 9.79 Å². The van der Waals surface area contributed by atoms with Crippen LogP contribution in [0.4, 0.5) is 11.4 Å². The first kappa shape index (κ1) is 12.6. The molecule has 1 amide bonds. The molecule has 2 aromatic carbocycles. The van der Waals surface area contributed by atoms with E-state index in [1.54, 1.807) is 6.21 Å². The third-order valence-electron chi connectivity index (χ3n) is 3.42. The van der Waals surface area contributed by atoms with Crippen molar-refractivity contribution in [2.24, 2.45) is 4.99 Å². The van der Waals surface area contributed by atoms with E-state index in [0.29, 0.717) is 0 Å². The fraction of sp³-hybridized carbons (Fsp3) is 0.176. The summed E-state index contributed by atoms with van der Waals surface area (Å²) in [6.45, 7) is 4.09. The summed E-state index contributed by atoms with van der Waals surface area (Å²) in [6.07, 6.45) is 1.73. The maximum atomic E-state index is 12.0. The summed E-state index contributed by atoms with van der Waals surface area (Å²) in [4.78, 5) is 16.5. The average Bonchev–Trinajstić information content (AvgIpc) is 2.71. The lowest BCUT2D eigenvalue weighted by Crippen LogP contribution is -2.12. The van der Waals surface area contributed by atoms with Gasteiger partial charge in [0.15, 0.2) is 0 Å². The highest BCUT2D eigenvalue weighted by Gasteiger charge is 2.28. The summed E-state index contributed by atoms with van der Waals surface area (Å²) >= 11 is 0. The Hall–Kier alpha value is -2.42. The number of para-hydroxylation sites is 1. The Bertz CT molecular complexity index is 684. The predicted molar refractivity (Wildman–Crippen MR) is 81.9 cm³/mol. The smallest absolute Gasteiger partial charge is 0.237 e. The minimum absolute atomic E-state index is 0.0145. The standard InChI is InChI=1S/C17H16N2O/c1-11-7-12(2)9-13(8-11)18-10-15-14-5-3-4-6-16(14)19-17(15)20/h3-10,15H,1-2H3,(H,19,20). The molecular formula is C17H16N2O. The molecule has 0 spiro atoms. The maximum absolute atomic E-state index is 12.0. The summed E-state index contributed by atoms with van der Waals surface area (Å²) in [6, 6.07) is 13.9. The molecule has 0 saturated carbocycles. The molecule has 0 bridgehead atoms. The van der Waals surface area contributed by atoms with Crippen molar-refractivity contribution in [2.45, 2.75) is 19.8 Å². The number of hydrogen-bond acceptors (Lipinski definition) is 2. The number of rotatable bonds is 2. The van der Waals surface area contributed by atoms with E-state index in [4.69, 9.17) is 0 Å². The third kappa shape index (κ3) is 2.35. The van der Waals surface area contributed by atoms with Gasteiger partial charge in [0.05, 0.1) is 5.69 Å². The van der Waals surface area contributed by atoms with Crippen molar-refractivity contribution in [1.82, 2.24) is 0 Å². The minimum atomic E-state index is -0.299. The fourth-order valence-corrected chi connectivity index (χ4v) is 2.57. The van der Waals surface area contributed by atoms with Gasteiger partial charge in [-0.15, -0.1) is 0 Å². The van der Waals surface area contributed by atoms with Gasteiger partial charge in [-0.1, -0.05) is 24.3 Å². The summed E-state index contributed by atoms with van der Waals surface area (Å²) in [7, 11) is 0. The van der Waals surface area contributed by atoms with Crippen LogP contribution in [0.15, 0.2) is 47.5 Å². The van der Waals surface area contributed by atoms with Gasteiger partial charge in [-0.2, -0.15) is 0 Å². The predicted octanol–water partition coefficient (Wildman–Crippen LogP) is 3.74. The molecule has 0 radical (unpaired) electrons. The fourth-order valence-electron chi connectivity index (χ4n) is 2.57. The molecule has 1 aliphatic rings. The van der Waals surface area contributed by atoms with E-state index in [0.717, 1.165) is 16.9 Å². The molecule has 1 aliphatic heterocycles. The number of carbonyl (C=O) groups excluding carboxylic acids is 1. The normalized spacial score (nSPS) is 17.3. The molecule has 1 N–H and O–H groups in total. The summed E-state index contributed by atoms with van der Waals surface area (Å²) in [5, 5.41) is 2.88. The summed E-state index contributed by atoms with van der Waals surface area (Å²) in [5.41, 5.74) is 5.11. The highest BCUT2D eigenvalue weighted by atomic mass is 16.2. The van der Waals surface area contributed by atoms with E-state index in [1.807, 2.05) is 50.2 Å². The van der Waals surface area contributed by atoms with Gasteiger partial charge in [-0.05, 0) is 48.7 Å². The molecule has 100 valence electrons. The monoisotopic (exact) mass is 264 g/mol. The molecule has 0 fully saturated rings. The Morgan fingerprint density at radius 1 is 1.10 bits per heavy atom. The van der Waals surface area contributed by atoms with E-state index in [9.17, 15) is 4.79 Å². The van der Waals surface area contributed by atoms with Gasteiger partial charge in [0.25, 0.3) is 0 Å². The van der Waals surface area contributed by atoms with Crippen LogP contribution in [0.2, 0.25) is 0 Å². The number of aliphatic imine (C=N–C) groups is 1. The SMILES string of the molecule is Cc1cc(C)cc(N=CC2C(=O)Nc3ccccc32)c1. The molecule has 0 aliphatic carbocycles. The number of benzene rings is 2. The van der Waals surface area contributed by atoms with Crippen LogP contribution in [0.25, 0.3) is 0 Å². The summed E-state index contributed by atoms with van der Waals surface area (Å²) in [5.74, 6) is -0.314. The van der Waals surface area contributed by atoms with Crippen molar-refractivity contribution in [3.8, 4) is 0 Å². The van der Waals surface area contributed by atoms with Crippen LogP contribution in [-0.2, 0) is 4.79 Å². The zero-order chi connectivity index (χ0) is 14.1. The van der Waals surface area contributed by atoms with Crippen molar-refractivity contribution in [1.29, 1.82) is 0 Å². The van der Waals surface area contributed by atoms with E-state index >= 15 is 0 Å². The van der Waals surface area contributed by atoms with Gasteiger partial charge in [0.2, 0.25) is 5.91 Å². The molecule has 3 heteroatoms. The molecule has 0 aromatic heterocycles. The number of nitrogens with one attached hydrogen (secondary N) is 1. The number of fused-ring (bicyclic) bond motifs is 1. The van der Waals surface area contributed by atoms with Crippen LogP contribution in [0, 0.1) is 13.8 Å². The molecule has 1 heterocycles. The third-order valence-corrected chi connectivity index (χ3v) is 3.42. The van der Waals surface area contributed by atoms with Gasteiger partial charge in [-0.25, -0.2) is 0 Å². The lowest BCUT2D eigenvalue weighted by Gasteiger charge is -2.03.